The number of hydrogen-bond acceptors (Lipinski definition) is 6. The van der Waals surface area contributed by atoms with Gasteiger partial charge in [-0.05, 0) is 51.6 Å². The number of aliphatic imine (C=N–C) groups is 1. The summed E-state index contributed by atoms with van der Waals surface area (Å²) in [4.78, 5) is 11.5. The van der Waals surface area contributed by atoms with Crippen LogP contribution >= 0.6 is 11.3 Å². The first kappa shape index (κ1) is 21.5. The average molecular weight is 410 g/mol. The highest BCUT2D eigenvalue weighted by Crippen LogP contribution is 2.31. The molecule has 3 N–H and O–H groups in total. The maximum atomic E-state index is 9.37. The van der Waals surface area contributed by atoms with E-state index < -0.39 is 0 Å². The van der Waals surface area contributed by atoms with Crippen LogP contribution in [-0.2, 0) is 11.3 Å². The van der Waals surface area contributed by atoms with Crippen molar-refractivity contribution in [1.29, 1.82) is 0 Å². The molecule has 3 heterocycles. The topological polar surface area (TPSA) is 82.0 Å². The van der Waals surface area contributed by atoms with Crippen LogP contribution < -0.4 is 10.6 Å². The predicted molar refractivity (Wildman–Crippen MR) is 114 cm³/mol. The smallest absolute Gasteiger partial charge is 0.191 e. The summed E-state index contributed by atoms with van der Waals surface area (Å²) in [6.07, 6.45) is 4.17. The molecule has 0 amide bonds. The number of aliphatic hydroxyl groups is 1. The van der Waals surface area contributed by atoms with Gasteiger partial charge >= 0.3 is 0 Å². The van der Waals surface area contributed by atoms with Crippen molar-refractivity contribution in [2.75, 3.05) is 53.0 Å². The van der Waals surface area contributed by atoms with Crippen LogP contribution in [0, 0.1) is 18.3 Å². The molecular weight excluding hydrogens is 374 g/mol. The second-order valence-corrected chi connectivity index (χ2v) is 9.22. The molecule has 7 nitrogen and oxygen atoms in total. The van der Waals surface area contributed by atoms with Crippen molar-refractivity contribution < 1.29 is 9.84 Å². The Bertz CT molecular complexity index is 622. The minimum atomic E-state index is 0.0335. The Kier molecular flexibility index (Phi) is 8.08. The number of likely N-dealkylation sites (tertiary alicyclic amines) is 1. The summed E-state index contributed by atoms with van der Waals surface area (Å²) in [5.74, 6) is 1.53. The van der Waals surface area contributed by atoms with Gasteiger partial charge in [0.05, 0.1) is 17.3 Å². The zero-order valence-corrected chi connectivity index (χ0v) is 18.1. The van der Waals surface area contributed by atoms with Gasteiger partial charge in [-0.25, -0.2) is 4.98 Å². The fraction of sp³-hybridized carbons (Fsp3) is 0.800. The van der Waals surface area contributed by atoms with Crippen molar-refractivity contribution in [3.05, 3.63) is 16.1 Å². The molecule has 8 heteroatoms. The molecule has 0 bridgehead atoms. The minimum absolute atomic E-state index is 0.0335. The van der Waals surface area contributed by atoms with Crippen LogP contribution in [0.4, 0.5) is 0 Å². The van der Waals surface area contributed by atoms with Gasteiger partial charge in [0.25, 0.3) is 0 Å². The third-order valence-electron chi connectivity index (χ3n) is 6.00. The molecule has 28 heavy (non-hydrogen) atoms. The van der Waals surface area contributed by atoms with Crippen molar-refractivity contribution in [2.24, 2.45) is 16.3 Å². The Morgan fingerprint density at radius 1 is 1.43 bits per heavy atom. The molecule has 0 saturated carbocycles. The van der Waals surface area contributed by atoms with E-state index in [0.717, 1.165) is 63.1 Å². The number of rotatable bonds is 8. The molecule has 2 fully saturated rings. The van der Waals surface area contributed by atoms with Crippen molar-refractivity contribution in [1.82, 2.24) is 20.5 Å². The molecule has 0 radical (unpaired) electrons. The summed E-state index contributed by atoms with van der Waals surface area (Å²) >= 11 is 1.73. The van der Waals surface area contributed by atoms with Crippen LogP contribution in [0.5, 0.6) is 0 Å². The zero-order chi connectivity index (χ0) is 19.8. The van der Waals surface area contributed by atoms with Crippen molar-refractivity contribution >= 4 is 17.3 Å². The number of piperidine rings is 1. The lowest BCUT2D eigenvalue weighted by Gasteiger charge is -2.32. The number of thiazole rings is 1. The molecule has 0 spiro atoms. The zero-order valence-electron chi connectivity index (χ0n) is 17.2. The molecule has 2 aliphatic rings. The summed E-state index contributed by atoms with van der Waals surface area (Å²) in [7, 11) is 1.82. The Labute approximate surface area is 172 Å². The molecular formula is C20H35N5O2S. The second kappa shape index (κ2) is 10.5. The lowest BCUT2D eigenvalue weighted by atomic mass is 9.84. The highest BCUT2D eigenvalue weighted by Gasteiger charge is 2.34. The predicted octanol–water partition coefficient (Wildman–Crippen LogP) is 1.62. The number of hydrogen-bond donors (Lipinski definition) is 3. The molecule has 0 aromatic carbocycles. The molecule has 1 aromatic rings. The Hall–Kier alpha value is -1.22. The van der Waals surface area contributed by atoms with E-state index in [1.165, 1.54) is 18.5 Å². The molecule has 1 unspecified atom stereocenters. The Morgan fingerprint density at radius 2 is 2.25 bits per heavy atom. The largest absolute Gasteiger partial charge is 0.396 e. The third kappa shape index (κ3) is 6.14. The number of nitrogens with one attached hydrogen (secondary N) is 2. The third-order valence-corrected chi connectivity index (χ3v) is 6.82. The maximum Gasteiger partial charge on any atom is 0.191 e. The number of nitrogens with zero attached hydrogens (tertiary/aromatic N) is 3. The van der Waals surface area contributed by atoms with Gasteiger partial charge in [0.1, 0.15) is 0 Å². The first-order valence-corrected chi connectivity index (χ1v) is 11.3. The minimum Gasteiger partial charge on any atom is -0.396 e. The van der Waals surface area contributed by atoms with Gasteiger partial charge in [-0.2, -0.15) is 0 Å². The van der Waals surface area contributed by atoms with Gasteiger partial charge in [-0.3, -0.25) is 9.89 Å². The fourth-order valence-electron chi connectivity index (χ4n) is 4.10. The molecule has 2 aliphatic heterocycles. The van der Waals surface area contributed by atoms with E-state index >= 15 is 0 Å². The number of aliphatic hydroxyl groups excluding tert-OH is 1. The van der Waals surface area contributed by atoms with Gasteiger partial charge in [0.2, 0.25) is 0 Å². The molecule has 0 aliphatic carbocycles. The highest BCUT2D eigenvalue weighted by atomic mass is 32.1. The standard InChI is InChI=1S/C20H35N5O2S/c1-16-24-18(13-28-16)12-25-7-3-17(4-8-25)11-22-19(21-2)23-14-20(5-9-26)6-10-27-15-20/h13,17,26H,3-12,14-15H2,1-2H3,(H2,21,22,23). The van der Waals surface area contributed by atoms with Crippen molar-refractivity contribution in [3.8, 4) is 0 Å². The summed E-state index contributed by atoms with van der Waals surface area (Å²) in [6.45, 7) is 8.75. The fourth-order valence-corrected chi connectivity index (χ4v) is 4.71. The van der Waals surface area contributed by atoms with Crippen LogP contribution in [0.2, 0.25) is 0 Å². The summed E-state index contributed by atoms with van der Waals surface area (Å²) in [5.41, 5.74) is 1.24. The second-order valence-electron chi connectivity index (χ2n) is 8.16. The van der Waals surface area contributed by atoms with Gasteiger partial charge in [0, 0.05) is 50.7 Å². The van der Waals surface area contributed by atoms with E-state index in [0.29, 0.717) is 12.5 Å². The Morgan fingerprint density at radius 3 is 2.86 bits per heavy atom. The molecule has 2 saturated heterocycles. The van der Waals surface area contributed by atoms with Crippen LogP contribution in [0.25, 0.3) is 0 Å². The molecule has 3 rings (SSSR count). The van der Waals surface area contributed by atoms with E-state index in [1.807, 2.05) is 7.05 Å². The molecule has 158 valence electrons. The van der Waals surface area contributed by atoms with Crippen LogP contribution in [0.1, 0.15) is 36.4 Å². The number of guanidine groups is 1. The lowest BCUT2D eigenvalue weighted by Crippen LogP contribution is -2.46. The molecule has 1 aromatic heterocycles. The summed E-state index contributed by atoms with van der Waals surface area (Å²) in [5, 5.41) is 19.6. The lowest BCUT2D eigenvalue weighted by molar-refractivity contribution is 0.127. The van der Waals surface area contributed by atoms with Crippen molar-refractivity contribution in [2.45, 2.75) is 39.2 Å². The highest BCUT2D eigenvalue weighted by molar-refractivity contribution is 7.09. The number of aromatic nitrogens is 1. The summed E-state index contributed by atoms with van der Waals surface area (Å²) in [6, 6.07) is 0. The van der Waals surface area contributed by atoms with Crippen LogP contribution in [0.3, 0.4) is 0 Å². The average Bonchev–Trinajstić information content (AvgIpc) is 3.33. The van der Waals surface area contributed by atoms with Gasteiger partial charge in [-0.1, -0.05) is 0 Å². The van der Waals surface area contributed by atoms with E-state index in [4.69, 9.17) is 4.74 Å². The first-order chi connectivity index (χ1) is 13.6. The van der Waals surface area contributed by atoms with Crippen molar-refractivity contribution in [3.63, 3.8) is 0 Å². The van der Waals surface area contributed by atoms with Gasteiger partial charge in [-0.15, -0.1) is 11.3 Å². The molecule has 1 atom stereocenters. The van der Waals surface area contributed by atoms with E-state index in [2.05, 4.69) is 37.8 Å². The van der Waals surface area contributed by atoms with Gasteiger partial charge < -0.3 is 20.5 Å². The normalized spacial score (nSPS) is 24.6. The number of ether oxygens (including phenoxy) is 1. The SMILES string of the molecule is CN=C(NCC1CCN(Cc2csc(C)n2)CC1)NCC1(CCO)CCOC1. The summed E-state index contributed by atoms with van der Waals surface area (Å²) < 4.78 is 5.57. The quantitative estimate of drug-likeness (QED) is 0.447. The Balaban J connectivity index is 1.36. The first-order valence-electron chi connectivity index (χ1n) is 10.4. The van der Waals surface area contributed by atoms with E-state index in [9.17, 15) is 5.11 Å². The van der Waals surface area contributed by atoms with Crippen LogP contribution in [0.15, 0.2) is 10.4 Å². The van der Waals surface area contributed by atoms with E-state index in [1.54, 1.807) is 11.3 Å². The maximum absolute atomic E-state index is 9.37. The van der Waals surface area contributed by atoms with Crippen LogP contribution in [-0.4, -0.2) is 74.0 Å². The number of aryl methyl sites for hydroxylation is 1. The van der Waals surface area contributed by atoms with Gasteiger partial charge in [0.15, 0.2) is 5.96 Å². The monoisotopic (exact) mass is 409 g/mol. The van der Waals surface area contributed by atoms with E-state index in [-0.39, 0.29) is 12.0 Å².